The number of non-ortho nitro benzene ring substituents is 1. The van der Waals surface area contributed by atoms with Crippen LogP contribution < -0.4 is 0 Å². The van der Waals surface area contributed by atoms with Gasteiger partial charge in [0, 0.05) is 33.6 Å². The summed E-state index contributed by atoms with van der Waals surface area (Å²) in [7, 11) is 0. The summed E-state index contributed by atoms with van der Waals surface area (Å²) in [5, 5.41) is 18.0. The van der Waals surface area contributed by atoms with Crippen molar-refractivity contribution in [1.29, 1.82) is 0 Å². The summed E-state index contributed by atoms with van der Waals surface area (Å²) in [4.78, 5) is 10.4. The standard InChI is InChI=1S/C9H6BrN3O3/c1-5-2-3-6(13(14)15)4-7(5)8-11-12-9(10)16-8/h2-4H,1H3. The molecule has 1 heterocycles. The van der Waals surface area contributed by atoms with E-state index >= 15 is 0 Å². The molecular weight excluding hydrogens is 278 g/mol. The molecule has 0 aliphatic carbocycles. The lowest BCUT2D eigenvalue weighted by atomic mass is 10.1. The van der Waals surface area contributed by atoms with Gasteiger partial charge in [-0.1, -0.05) is 6.07 Å². The summed E-state index contributed by atoms with van der Waals surface area (Å²) in [6.07, 6.45) is 0. The monoisotopic (exact) mass is 283 g/mol. The lowest BCUT2D eigenvalue weighted by Crippen LogP contribution is -1.90. The number of hydrogen-bond donors (Lipinski definition) is 0. The minimum absolute atomic E-state index is 0.00470. The molecule has 0 saturated carbocycles. The summed E-state index contributed by atoms with van der Waals surface area (Å²) < 4.78 is 5.16. The van der Waals surface area contributed by atoms with Crippen molar-refractivity contribution in [2.24, 2.45) is 0 Å². The topological polar surface area (TPSA) is 82.1 Å². The molecule has 0 saturated heterocycles. The van der Waals surface area contributed by atoms with Gasteiger partial charge in [0.05, 0.1) is 4.92 Å². The van der Waals surface area contributed by atoms with Crippen LogP contribution in [0, 0.1) is 17.0 Å². The zero-order valence-electron chi connectivity index (χ0n) is 8.18. The maximum absolute atomic E-state index is 10.6. The molecule has 6 nitrogen and oxygen atoms in total. The maximum atomic E-state index is 10.6. The van der Waals surface area contributed by atoms with Crippen molar-refractivity contribution >= 4 is 21.6 Å². The van der Waals surface area contributed by atoms with E-state index in [-0.39, 0.29) is 16.4 Å². The highest BCUT2D eigenvalue weighted by molar-refractivity contribution is 9.10. The van der Waals surface area contributed by atoms with E-state index in [4.69, 9.17) is 4.42 Å². The second-order valence-electron chi connectivity index (χ2n) is 3.12. The first kappa shape index (κ1) is 10.7. The first-order valence-corrected chi connectivity index (χ1v) is 5.11. The van der Waals surface area contributed by atoms with E-state index in [0.717, 1.165) is 5.56 Å². The van der Waals surface area contributed by atoms with Gasteiger partial charge in [0.2, 0.25) is 5.89 Å². The fraction of sp³-hybridized carbons (Fsp3) is 0.111. The molecule has 0 radical (unpaired) electrons. The highest BCUT2D eigenvalue weighted by atomic mass is 79.9. The lowest BCUT2D eigenvalue weighted by Gasteiger charge is -1.99. The minimum Gasteiger partial charge on any atom is -0.411 e. The Balaban J connectivity index is 2.55. The zero-order valence-corrected chi connectivity index (χ0v) is 9.76. The Morgan fingerprint density at radius 1 is 1.44 bits per heavy atom. The van der Waals surface area contributed by atoms with Gasteiger partial charge in [-0.3, -0.25) is 10.1 Å². The van der Waals surface area contributed by atoms with Crippen LogP contribution >= 0.6 is 15.9 Å². The molecule has 0 spiro atoms. The van der Waals surface area contributed by atoms with Crippen LogP contribution in [0.15, 0.2) is 27.4 Å². The highest BCUT2D eigenvalue weighted by Crippen LogP contribution is 2.27. The number of rotatable bonds is 2. The van der Waals surface area contributed by atoms with Crippen molar-refractivity contribution in [3.05, 3.63) is 38.7 Å². The number of benzene rings is 1. The predicted octanol–water partition coefficient (Wildman–Crippen LogP) is 2.72. The third kappa shape index (κ3) is 1.94. The number of nitro groups is 1. The first-order chi connectivity index (χ1) is 7.58. The van der Waals surface area contributed by atoms with E-state index in [1.165, 1.54) is 12.1 Å². The SMILES string of the molecule is Cc1ccc([N+](=O)[O-])cc1-c1nnc(Br)o1. The Labute approximate surface area is 98.6 Å². The molecule has 16 heavy (non-hydrogen) atoms. The lowest BCUT2D eigenvalue weighted by molar-refractivity contribution is -0.384. The maximum Gasteiger partial charge on any atom is 0.285 e. The zero-order chi connectivity index (χ0) is 11.7. The molecule has 0 amide bonds. The van der Waals surface area contributed by atoms with Crippen molar-refractivity contribution in [3.8, 4) is 11.5 Å². The van der Waals surface area contributed by atoms with Crippen molar-refractivity contribution in [2.75, 3.05) is 0 Å². The van der Waals surface area contributed by atoms with Gasteiger partial charge in [-0.15, -0.1) is 10.2 Å². The molecule has 0 N–H and O–H groups in total. The molecule has 0 atom stereocenters. The van der Waals surface area contributed by atoms with Crippen LogP contribution in [-0.2, 0) is 0 Å². The summed E-state index contributed by atoms with van der Waals surface area (Å²) in [6, 6.07) is 4.49. The third-order valence-corrected chi connectivity index (χ3v) is 2.38. The number of aryl methyl sites for hydroxylation is 1. The van der Waals surface area contributed by atoms with Crippen LogP contribution in [-0.4, -0.2) is 15.1 Å². The second kappa shape index (κ2) is 4.01. The number of nitrogens with zero attached hydrogens (tertiary/aromatic N) is 3. The fourth-order valence-corrected chi connectivity index (χ4v) is 1.50. The predicted molar refractivity (Wildman–Crippen MR) is 58.8 cm³/mol. The Morgan fingerprint density at radius 2 is 2.19 bits per heavy atom. The highest BCUT2D eigenvalue weighted by Gasteiger charge is 2.14. The largest absolute Gasteiger partial charge is 0.411 e. The Kier molecular flexibility index (Phi) is 2.69. The van der Waals surface area contributed by atoms with E-state index in [2.05, 4.69) is 26.1 Å². The van der Waals surface area contributed by atoms with Gasteiger partial charge in [0.15, 0.2) is 0 Å². The number of halogens is 1. The van der Waals surface area contributed by atoms with E-state index in [9.17, 15) is 10.1 Å². The van der Waals surface area contributed by atoms with Crippen molar-refractivity contribution in [2.45, 2.75) is 6.92 Å². The average molecular weight is 284 g/mol. The van der Waals surface area contributed by atoms with Crippen LogP contribution in [0.2, 0.25) is 0 Å². The van der Waals surface area contributed by atoms with Gasteiger partial charge in [-0.05, 0) is 12.5 Å². The number of hydrogen-bond acceptors (Lipinski definition) is 5. The van der Waals surface area contributed by atoms with E-state index in [1.54, 1.807) is 6.07 Å². The molecular formula is C9H6BrN3O3. The molecule has 0 aliphatic heterocycles. The molecule has 0 unspecified atom stereocenters. The van der Waals surface area contributed by atoms with Gasteiger partial charge in [-0.2, -0.15) is 0 Å². The number of aromatic nitrogens is 2. The molecule has 0 fully saturated rings. The van der Waals surface area contributed by atoms with Crippen LogP contribution in [0.3, 0.4) is 0 Å². The van der Waals surface area contributed by atoms with Crippen LogP contribution in [0.25, 0.3) is 11.5 Å². The van der Waals surface area contributed by atoms with Gasteiger partial charge in [-0.25, -0.2) is 0 Å². The summed E-state index contributed by atoms with van der Waals surface area (Å²) in [5.41, 5.74) is 1.39. The first-order valence-electron chi connectivity index (χ1n) is 4.32. The van der Waals surface area contributed by atoms with E-state index in [0.29, 0.717) is 5.56 Å². The fourth-order valence-electron chi connectivity index (χ4n) is 1.27. The average Bonchev–Trinajstić information content (AvgIpc) is 2.65. The number of nitro benzene ring substituents is 1. The van der Waals surface area contributed by atoms with Crippen molar-refractivity contribution < 1.29 is 9.34 Å². The smallest absolute Gasteiger partial charge is 0.285 e. The van der Waals surface area contributed by atoms with Crippen molar-refractivity contribution in [1.82, 2.24) is 10.2 Å². The van der Waals surface area contributed by atoms with E-state index < -0.39 is 4.92 Å². The van der Waals surface area contributed by atoms with Gasteiger partial charge in [0.25, 0.3) is 10.5 Å². The molecule has 7 heteroatoms. The molecule has 82 valence electrons. The Hall–Kier alpha value is -1.76. The van der Waals surface area contributed by atoms with Gasteiger partial charge in [0.1, 0.15) is 0 Å². The molecule has 0 bridgehead atoms. The third-order valence-electron chi connectivity index (χ3n) is 2.06. The Bertz CT molecular complexity index is 553. The van der Waals surface area contributed by atoms with Crippen LogP contribution in [0.1, 0.15) is 5.56 Å². The normalized spacial score (nSPS) is 10.4. The van der Waals surface area contributed by atoms with Gasteiger partial charge >= 0.3 is 0 Å². The van der Waals surface area contributed by atoms with E-state index in [1.807, 2.05) is 6.92 Å². The molecule has 1 aromatic carbocycles. The Morgan fingerprint density at radius 3 is 2.75 bits per heavy atom. The van der Waals surface area contributed by atoms with Crippen LogP contribution in [0.4, 0.5) is 5.69 Å². The molecule has 0 aliphatic rings. The van der Waals surface area contributed by atoms with Gasteiger partial charge < -0.3 is 4.42 Å². The van der Waals surface area contributed by atoms with Crippen molar-refractivity contribution in [3.63, 3.8) is 0 Å². The summed E-state index contributed by atoms with van der Waals surface area (Å²) >= 11 is 3.03. The molecule has 1 aromatic heterocycles. The van der Waals surface area contributed by atoms with Crippen LogP contribution in [0.5, 0.6) is 0 Å². The molecule has 2 rings (SSSR count). The quantitative estimate of drug-likeness (QED) is 0.625. The summed E-state index contributed by atoms with van der Waals surface area (Å²) in [5.74, 6) is 0.257. The second-order valence-corrected chi connectivity index (χ2v) is 3.79. The summed E-state index contributed by atoms with van der Waals surface area (Å²) in [6.45, 7) is 1.82. The molecule has 2 aromatic rings. The minimum atomic E-state index is -0.464.